The molecule has 0 saturated heterocycles. The third kappa shape index (κ3) is 4.97. The molecule has 3 rings (SSSR count). The molecule has 1 aromatic heterocycles. The molecule has 1 N–H and O–H groups in total. The van der Waals surface area contributed by atoms with Crippen LogP contribution in [0.2, 0.25) is 0 Å². The average molecular weight is 375 g/mol. The number of hydrogen-bond donors (Lipinski definition) is 1. The number of anilines is 1. The van der Waals surface area contributed by atoms with Crippen LogP contribution in [-0.4, -0.2) is 52.0 Å². The van der Waals surface area contributed by atoms with Crippen LogP contribution in [0.5, 0.6) is 0 Å². The van der Waals surface area contributed by atoms with Gasteiger partial charge in [0.15, 0.2) is 0 Å². The van der Waals surface area contributed by atoms with Crippen LogP contribution < -0.4 is 10.2 Å². The molecule has 1 amide bonds. The first-order chi connectivity index (χ1) is 12.5. The Morgan fingerprint density at radius 1 is 1.35 bits per heavy atom. The van der Waals surface area contributed by atoms with Crippen molar-refractivity contribution in [2.24, 2.45) is 0 Å². The summed E-state index contributed by atoms with van der Waals surface area (Å²) >= 11 is 1.42. The smallest absolute Gasteiger partial charge is 0.233 e. The molecule has 1 aliphatic carbocycles. The number of carbonyl (C=O) groups excluding carboxylic acids is 1. The number of tetrazole rings is 1. The normalized spacial score (nSPS) is 14.9. The van der Waals surface area contributed by atoms with Gasteiger partial charge < -0.3 is 10.2 Å². The lowest BCUT2D eigenvalue weighted by Crippen LogP contribution is -2.32. The molecule has 1 atom stereocenters. The summed E-state index contributed by atoms with van der Waals surface area (Å²) in [7, 11) is 4.07. The van der Waals surface area contributed by atoms with Gasteiger partial charge in [-0.2, -0.15) is 0 Å². The molecule has 0 radical (unpaired) electrons. The molecular formula is C18H26N6OS. The van der Waals surface area contributed by atoms with Gasteiger partial charge in [0.25, 0.3) is 0 Å². The average Bonchev–Trinajstić information content (AvgIpc) is 3.38. The first kappa shape index (κ1) is 18.7. The van der Waals surface area contributed by atoms with E-state index in [0.717, 1.165) is 30.8 Å². The van der Waals surface area contributed by atoms with Gasteiger partial charge >= 0.3 is 0 Å². The second kappa shape index (κ2) is 8.53. The van der Waals surface area contributed by atoms with Gasteiger partial charge in [-0.15, -0.1) is 5.10 Å². The van der Waals surface area contributed by atoms with E-state index in [1.807, 2.05) is 25.7 Å². The molecule has 26 heavy (non-hydrogen) atoms. The number of amides is 1. The Morgan fingerprint density at radius 3 is 2.73 bits per heavy atom. The first-order valence-electron chi connectivity index (χ1n) is 9.03. The van der Waals surface area contributed by atoms with E-state index in [-0.39, 0.29) is 11.2 Å². The molecule has 1 fully saturated rings. The molecule has 1 heterocycles. The Kier molecular flexibility index (Phi) is 6.13. The number of carbonyl (C=O) groups is 1. The molecule has 0 spiro atoms. The Bertz CT molecular complexity index is 726. The number of nitrogens with one attached hydrogen (secondary N) is 1. The molecule has 0 aliphatic heterocycles. The van der Waals surface area contributed by atoms with Gasteiger partial charge in [-0.05, 0) is 60.7 Å². The maximum absolute atomic E-state index is 12.3. The van der Waals surface area contributed by atoms with Gasteiger partial charge in [-0.25, -0.2) is 4.68 Å². The zero-order valence-corrected chi connectivity index (χ0v) is 16.4. The van der Waals surface area contributed by atoms with E-state index in [4.69, 9.17) is 0 Å². The van der Waals surface area contributed by atoms with Crippen molar-refractivity contribution in [2.45, 2.75) is 49.1 Å². The number of aromatic nitrogens is 4. The standard InChI is InChI=1S/C18H26N6OS/c1-13(26-18-20-21-22-24(18)16-10-11-16)17(25)19-12-4-5-14-6-8-15(9-7-14)23(2)3/h6-9,13,16H,4-5,10-12H2,1-3H3,(H,19,25)/t13-/m0/s1. The number of hydrogen-bond acceptors (Lipinski definition) is 6. The fourth-order valence-electron chi connectivity index (χ4n) is 2.63. The van der Waals surface area contributed by atoms with Crippen LogP contribution in [0.25, 0.3) is 0 Å². The van der Waals surface area contributed by atoms with Crippen molar-refractivity contribution in [3.63, 3.8) is 0 Å². The Hall–Kier alpha value is -2.09. The summed E-state index contributed by atoms with van der Waals surface area (Å²) < 4.78 is 1.84. The van der Waals surface area contributed by atoms with Crippen molar-refractivity contribution in [3.8, 4) is 0 Å². The molecule has 0 unspecified atom stereocenters. The Balaban J connectivity index is 1.38. The summed E-state index contributed by atoms with van der Waals surface area (Å²) in [4.78, 5) is 14.4. The minimum Gasteiger partial charge on any atom is -0.378 e. The van der Waals surface area contributed by atoms with Crippen molar-refractivity contribution < 1.29 is 4.79 Å². The topological polar surface area (TPSA) is 75.9 Å². The molecule has 1 aliphatic rings. The summed E-state index contributed by atoms with van der Waals surface area (Å²) in [6.07, 6.45) is 4.11. The number of nitrogens with zero attached hydrogens (tertiary/aromatic N) is 5. The molecule has 1 saturated carbocycles. The van der Waals surface area contributed by atoms with E-state index in [1.54, 1.807) is 0 Å². The van der Waals surface area contributed by atoms with E-state index < -0.39 is 0 Å². The van der Waals surface area contributed by atoms with Crippen molar-refractivity contribution in [2.75, 3.05) is 25.5 Å². The predicted molar refractivity (Wildman–Crippen MR) is 104 cm³/mol. The highest BCUT2D eigenvalue weighted by Gasteiger charge is 2.29. The van der Waals surface area contributed by atoms with E-state index in [0.29, 0.717) is 12.6 Å². The van der Waals surface area contributed by atoms with Crippen LogP contribution in [0.1, 0.15) is 37.8 Å². The van der Waals surface area contributed by atoms with Gasteiger partial charge in [-0.1, -0.05) is 23.9 Å². The zero-order valence-electron chi connectivity index (χ0n) is 15.6. The highest BCUT2D eigenvalue weighted by molar-refractivity contribution is 8.00. The Labute approximate surface area is 158 Å². The van der Waals surface area contributed by atoms with Gasteiger partial charge in [0, 0.05) is 26.3 Å². The van der Waals surface area contributed by atoms with Crippen molar-refractivity contribution in [1.29, 1.82) is 0 Å². The zero-order chi connectivity index (χ0) is 18.5. The molecule has 2 aromatic rings. The van der Waals surface area contributed by atoms with Gasteiger partial charge in [-0.3, -0.25) is 4.79 Å². The highest BCUT2D eigenvalue weighted by atomic mass is 32.2. The summed E-state index contributed by atoms with van der Waals surface area (Å²) in [5.41, 5.74) is 2.48. The van der Waals surface area contributed by atoms with Gasteiger partial charge in [0.05, 0.1) is 11.3 Å². The molecule has 8 heteroatoms. The van der Waals surface area contributed by atoms with Crippen LogP contribution in [0.15, 0.2) is 29.4 Å². The van der Waals surface area contributed by atoms with E-state index >= 15 is 0 Å². The first-order valence-corrected chi connectivity index (χ1v) is 9.91. The lowest BCUT2D eigenvalue weighted by molar-refractivity contribution is -0.120. The second-order valence-corrected chi connectivity index (χ2v) is 8.16. The lowest BCUT2D eigenvalue weighted by atomic mass is 10.1. The fraction of sp³-hybridized carbons (Fsp3) is 0.556. The van der Waals surface area contributed by atoms with Crippen LogP contribution in [0, 0.1) is 0 Å². The quantitative estimate of drug-likeness (QED) is 0.536. The predicted octanol–water partition coefficient (Wildman–Crippen LogP) is 2.30. The van der Waals surface area contributed by atoms with Gasteiger partial charge in [0.1, 0.15) is 0 Å². The van der Waals surface area contributed by atoms with Crippen LogP contribution in [-0.2, 0) is 11.2 Å². The summed E-state index contributed by atoms with van der Waals surface area (Å²) in [6.45, 7) is 2.57. The molecule has 0 bridgehead atoms. The summed E-state index contributed by atoms with van der Waals surface area (Å²) in [5, 5.41) is 15.3. The van der Waals surface area contributed by atoms with Crippen LogP contribution in [0.3, 0.4) is 0 Å². The number of thioether (sulfide) groups is 1. The minimum atomic E-state index is -0.210. The van der Waals surface area contributed by atoms with Crippen LogP contribution in [0.4, 0.5) is 5.69 Å². The molecule has 7 nitrogen and oxygen atoms in total. The van der Waals surface area contributed by atoms with Gasteiger partial charge in [0.2, 0.25) is 11.1 Å². The van der Waals surface area contributed by atoms with E-state index in [1.165, 1.54) is 23.0 Å². The monoisotopic (exact) mass is 374 g/mol. The maximum atomic E-state index is 12.3. The van der Waals surface area contributed by atoms with Crippen molar-refractivity contribution in [3.05, 3.63) is 29.8 Å². The molecule has 1 aromatic carbocycles. The third-order valence-electron chi connectivity index (χ3n) is 4.40. The number of rotatable bonds is 9. The number of aryl methyl sites for hydroxylation is 1. The van der Waals surface area contributed by atoms with Crippen molar-refractivity contribution in [1.82, 2.24) is 25.5 Å². The fourth-order valence-corrected chi connectivity index (χ4v) is 3.52. The summed E-state index contributed by atoms with van der Waals surface area (Å²) in [6, 6.07) is 8.95. The highest BCUT2D eigenvalue weighted by Crippen LogP contribution is 2.37. The third-order valence-corrected chi connectivity index (χ3v) is 5.45. The SMILES string of the molecule is C[C@H](Sc1nnnn1C1CC1)C(=O)NCCCc1ccc(N(C)C)cc1. The van der Waals surface area contributed by atoms with Crippen molar-refractivity contribution >= 4 is 23.4 Å². The summed E-state index contributed by atoms with van der Waals surface area (Å²) in [5.74, 6) is 0.0308. The second-order valence-electron chi connectivity index (χ2n) is 6.85. The lowest BCUT2D eigenvalue weighted by Gasteiger charge is -2.13. The minimum absolute atomic E-state index is 0.0308. The van der Waals surface area contributed by atoms with E-state index in [2.05, 4.69) is 50.0 Å². The number of benzene rings is 1. The molecule has 140 valence electrons. The van der Waals surface area contributed by atoms with E-state index in [9.17, 15) is 4.79 Å². The largest absolute Gasteiger partial charge is 0.378 e. The van der Waals surface area contributed by atoms with Crippen LogP contribution >= 0.6 is 11.8 Å². The maximum Gasteiger partial charge on any atom is 0.233 e. The molecular weight excluding hydrogens is 348 g/mol. The Morgan fingerprint density at radius 2 is 2.08 bits per heavy atom.